The van der Waals surface area contributed by atoms with Crippen molar-refractivity contribution in [2.75, 3.05) is 20.8 Å². The topological polar surface area (TPSA) is 60.7 Å². The van der Waals surface area contributed by atoms with E-state index in [-0.39, 0.29) is 17.9 Å². The predicted octanol–water partition coefficient (Wildman–Crippen LogP) is 1.75. The Morgan fingerprint density at radius 2 is 2.33 bits per heavy atom. The number of methoxy groups -OCH3 is 1. The van der Waals surface area contributed by atoms with E-state index in [9.17, 15) is 4.79 Å². The number of nitrogens with one attached hydrogen (secondary N) is 1. The zero-order valence-electron chi connectivity index (χ0n) is 10.9. The molecule has 0 saturated carbocycles. The van der Waals surface area contributed by atoms with Gasteiger partial charge in [-0.15, -0.1) is 0 Å². The number of rotatable bonds is 4. The second-order valence-corrected chi connectivity index (χ2v) is 4.49. The first-order valence-electron chi connectivity index (χ1n) is 6.14. The van der Waals surface area contributed by atoms with Gasteiger partial charge in [-0.1, -0.05) is 0 Å². The number of esters is 1. The normalized spacial score (nSPS) is 25.1. The lowest BCUT2D eigenvalue weighted by molar-refractivity contribution is 0.0559. The van der Waals surface area contributed by atoms with Crippen molar-refractivity contribution in [3.05, 3.63) is 23.7 Å². The van der Waals surface area contributed by atoms with Gasteiger partial charge in [-0.05, 0) is 32.5 Å². The number of ether oxygens (including phenoxy) is 2. The molecule has 0 bridgehead atoms. The quantitative estimate of drug-likeness (QED) is 0.828. The lowest BCUT2D eigenvalue weighted by Gasteiger charge is -2.23. The number of carbonyl (C=O) groups excluding carboxylic acids is 1. The summed E-state index contributed by atoms with van der Waals surface area (Å²) in [7, 11) is 3.23. The summed E-state index contributed by atoms with van der Waals surface area (Å²) in [4.78, 5) is 11.4. The average Bonchev–Trinajstić information content (AvgIpc) is 3.00. The van der Waals surface area contributed by atoms with Crippen LogP contribution in [0.2, 0.25) is 0 Å². The first-order valence-corrected chi connectivity index (χ1v) is 6.14. The number of furan rings is 1. The summed E-state index contributed by atoms with van der Waals surface area (Å²) < 4.78 is 15.8. The molecule has 100 valence electrons. The van der Waals surface area contributed by atoms with Gasteiger partial charge in [-0.2, -0.15) is 0 Å². The largest absolute Gasteiger partial charge is 0.463 e. The molecule has 2 heterocycles. The lowest BCUT2D eigenvalue weighted by atomic mass is 9.92. The van der Waals surface area contributed by atoms with E-state index in [1.807, 2.05) is 13.1 Å². The Kier molecular flexibility index (Phi) is 4.04. The molecule has 1 fully saturated rings. The summed E-state index contributed by atoms with van der Waals surface area (Å²) in [5, 5.41) is 3.24. The van der Waals surface area contributed by atoms with Crippen molar-refractivity contribution in [2.45, 2.75) is 25.5 Å². The molecule has 0 aliphatic carbocycles. The van der Waals surface area contributed by atoms with Crippen molar-refractivity contribution in [3.63, 3.8) is 0 Å². The van der Waals surface area contributed by atoms with Gasteiger partial charge in [-0.3, -0.25) is 0 Å². The van der Waals surface area contributed by atoms with Crippen LogP contribution in [0.3, 0.4) is 0 Å². The van der Waals surface area contributed by atoms with E-state index in [4.69, 9.17) is 9.15 Å². The van der Waals surface area contributed by atoms with Gasteiger partial charge >= 0.3 is 5.97 Å². The van der Waals surface area contributed by atoms with Crippen LogP contribution in [0.25, 0.3) is 0 Å². The van der Waals surface area contributed by atoms with Crippen molar-refractivity contribution in [2.24, 2.45) is 5.92 Å². The molecule has 1 aliphatic heterocycles. The second kappa shape index (κ2) is 5.54. The minimum absolute atomic E-state index is 0.0564. The fourth-order valence-corrected chi connectivity index (χ4v) is 2.48. The minimum atomic E-state index is -0.452. The van der Waals surface area contributed by atoms with E-state index < -0.39 is 5.97 Å². The maximum atomic E-state index is 11.4. The summed E-state index contributed by atoms with van der Waals surface area (Å²) in [6.07, 6.45) is 1.18. The van der Waals surface area contributed by atoms with Crippen LogP contribution in [0.5, 0.6) is 0 Å². The zero-order valence-corrected chi connectivity index (χ0v) is 10.9. The van der Waals surface area contributed by atoms with Crippen molar-refractivity contribution >= 4 is 5.97 Å². The SMILES string of the molecule is CNC(c1ccc(C(=O)OC)o1)C1CCOC1C. The molecule has 3 atom stereocenters. The molecule has 1 aromatic heterocycles. The Bertz CT molecular complexity index is 415. The van der Waals surface area contributed by atoms with Gasteiger partial charge in [0.2, 0.25) is 5.76 Å². The fourth-order valence-electron chi connectivity index (χ4n) is 2.48. The summed E-state index contributed by atoms with van der Waals surface area (Å²) in [6.45, 7) is 2.83. The Balaban J connectivity index is 2.17. The van der Waals surface area contributed by atoms with Crippen LogP contribution in [0.4, 0.5) is 0 Å². The summed E-state index contributed by atoms with van der Waals surface area (Å²) in [5.74, 6) is 0.887. The molecule has 5 nitrogen and oxygen atoms in total. The summed E-state index contributed by atoms with van der Waals surface area (Å²) in [6, 6.07) is 3.52. The average molecular weight is 253 g/mol. The smallest absolute Gasteiger partial charge is 0.373 e. The van der Waals surface area contributed by atoms with Crippen LogP contribution in [0.15, 0.2) is 16.5 Å². The molecule has 3 unspecified atom stereocenters. The zero-order chi connectivity index (χ0) is 13.1. The van der Waals surface area contributed by atoms with E-state index in [0.717, 1.165) is 18.8 Å². The van der Waals surface area contributed by atoms with Crippen molar-refractivity contribution in [1.82, 2.24) is 5.32 Å². The Labute approximate surface area is 106 Å². The molecule has 0 radical (unpaired) electrons. The van der Waals surface area contributed by atoms with Gasteiger partial charge in [0.15, 0.2) is 0 Å². The van der Waals surface area contributed by atoms with Crippen LogP contribution in [0.1, 0.15) is 35.7 Å². The molecule has 2 rings (SSSR count). The van der Waals surface area contributed by atoms with Crippen LogP contribution in [-0.4, -0.2) is 32.8 Å². The Hall–Kier alpha value is -1.33. The van der Waals surface area contributed by atoms with Crippen molar-refractivity contribution < 1.29 is 18.7 Å². The molecule has 1 aliphatic rings. The summed E-state index contributed by atoms with van der Waals surface area (Å²) in [5.41, 5.74) is 0. The first kappa shape index (κ1) is 13.1. The third-order valence-corrected chi connectivity index (χ3v) is 3.49. The Morgan fingerprint density at radius 3 is 2.89 bits per heavy atom. The van der Waals surface area contributed by atoms with Gasteiger partial charge in [0.1, 0.15) is 5.76 Å². The number of hydrogen-bond acceptors (Lipinski definition) is 5. The van der Waals surface area contributed by atoms with Gasteiger partial charge in [0, 0.05) is 12.5 Å². The van der Waals surface area contributed by atoms with E-state index in [1.165, 1.54) is 7.11 Å². The predicted molar refractivity (Wildman–Crippen MR) is 65.4 cm³/mol. The molecule has 18 heavy (non-hydrogen) atoms. The van der Waals surface area contributed by atoms with Crippen molar-refractivity contribution in [1.29, 1.82) is 0 Å². The van der Waals surface area contributed by atoms with Crippen LogP contribution in [0, 0.1) is 5.92 Å². The second-order valence-electron chi connectivity index (χ2n) is 4.49. The molecule has 1 N–H and O–H groups in total. The lowest BCUT2D eigenvalue weighted by Crippen LogP contribution is -2.29. The molecule has 0 aromatic carbocycles. The highest BCUT2D eigenvalue weighted by molar-refractivity contribution is 5.86. The molecule has 0 amide bonds. The Morgan fingerprint density at radius 1 is 1.56 bits per heavy atom. The maximum Gasteiger partial charge on any atom is 0.373 e. The van der Waals surface area contributed by atoms with Gasteiger partial charge in [0.25, 0.3) is 0 Å². The van der Waals surface area contributed by atoms with Crippen LogP contribution in [-0.2, 0) is 9.47 Å². The summed E-state index contributed by atoms with van der Waals surface area (Å²) >= 11 is 0. The minimum Gasteiger partial charge on any atom is -0.463 e. The highest BCUT2D eigenvalue weighted by atomic mass is 16.5. The van der Waals surface area contributed by atoms with E-state index >= 15 is 0 Å². The van der Waals surface area contributed by atoms with Gasteiger partial charge in [0.05, 0.1) is 19.3 Å². The number of hydrogen-bond donors (Lipinski definition) is 1. The van der Waals surface area contributed by atoms with E-state index in [2.05, 4.69) is 17.0 Å². The molecule has 1 aromatic rings. The van der Waals surface area contributed by atoms with Crippen molar-refractivity contribution in [3.8, 4) is 0 Å². The molecular formula is C13H19NO4. The molecule has 0 spiro atoms. The van der Waals surface area contributed by atoms with E-state index in [1.54, 1.807) is 6.07 Å². The maximum absolute atomic E-state index is 11.4. The standard InChI is InChI=1S/C13H19NO4/c1-8-9(6-7-17-8)12(14-2)10-4-5-11(18-10)13(15)16-3/h4-5,8-9,12,14H,6-7H2,1-3H3. The monoisotopic (exact) mass is 253 g/mol. The van der Waals surface area contributed by atoms with E-state index in [0.29, 0.717) is 5.92 Å². The van der Waals surface area contributed by atoms with Crippen LogP contribution >= 0.6 is 0 Å². The van der Waals surface area contributed by atoms with Crippen LogP contribution < -0.4 is 5.32 Å². The fraction of sp³-hybridized carbons (Fsp3) is 0.615. The molecule has 5 heteroatoms. The molecular weight excluding hydrogens is 234 g/mol. The van der Waals surface area contributed by atoms with Gasteiger partial charge < -0.3 is 19.2 Å². The van der Waals surface area contributed by atoms with Gasteiger partial charge in [-0.25, -0.2) is 4.79 Å². The third kappa shape index (κ3) is 2.42. The first-order chi connectivity index (χ1) is 8.67. The number of carbonyl (C=O) groups is 1. The molecule has 1 saturated heterocycles. The highest BCUT2D eigenvalue weighted by Gasteiger charge is 2.34. The third-order valence-electron chi connectivity index (χ3n) is 3.49. The highest BCUT2D eigenvalue weighted by Crippen LogP contribution is 2.33.